The number of methoxy groups -OCH3 is 1. The van der Waals surface area contributed by atoms with Gasteiger partial charge in [-0.15, -0.1) is 0 Å². The van der Waals surface area contributed by atoms with Crippen LogP contribution in [0, 0.1) is 6.92 Å². The Morgan fingerprint density at radius 3 is 2.83 bits per heavy atom. The molecule has 0 fully saturated rings. The minimum Gasteiger partial charge on any atom is -0.466 e. The van der Waals surface area contributed by atoms with Crippen LogP contribution < -0.4 is 5.32 Å². The second kappa shape index (κ2) is 7.07. The monoisotopic (exact) mass is 267 g/mol. The number of ether oxygens (including phenoxy) is 1. The minimum atomic E-state index is -0.283. The van der Waals surface area contributed by atoms with Gasteiger partial charge in [0, 0.05) is 12.1 Å². The zero-order valence-corrected chi connectivity index (χ0v) is 11.7. The van der Waals surface area contributed by atoms with Crippen LogP contribution in [-0.2, 0) is 9.53 Å². The first kappa shape index (κ1) is 14.6. The fourth-order valence-corrected chi connectivity index (χ4v) is 1.75. The van der Waals surface area contributed by atoms with E-state index in [1.54, 1.807) is 0 Å². The Hall–Kier alpha value is -1.48. The first-order valence-corrected chi connectivity index (χ1v) is 6.23. The average Bonchev–Trinajstić information content (AvgIpc) is 2.37. The van der Waals surface area contributed by atoms with Gasteiger partial charge in [-0.1, -0.05) is 30.7 Å². The van der Waals surface area contributed by atoms with Crippen LogP contribution in [0.4, 0.5) is 5.69 Å². The lowest BCUT2D eigenvalue weighted by molar-refractivity contribution is -0.136. The first-order chi connectivity index (χ1) is 8.58. The summed E-state index contributed by atoms with van der Waals surface area (Å²) in [7, 11) is 1.39. The van der Waals surface area contributed by atoms with Crippen molar-refractivity contribution in [3.63, 3.8) is 0 Å². The molecule has 3 nitrogen and oxygen atoms in total. The third-order valence-corrected chi connectivity index (χ3v) is 2.92. The smallest absolute Gasteiger partial charge is 0.333 e. The highest BCUT2D eigenvalue weighted by molar-refractivity contribution is 6.33. The fourth-order valence-electron chi connectivity index (χ4n) is 1.56. The fraction of sp³-hybridized carbons (Fsp3) is 0.357. The van der Waals surface area contributed by atoms with E-state index in [-0.39, 0.29) is 5.97 Å². The molecule has 1 aromatic carbocycles. The number of anilines is 1. The maximum absolute atomic E-state index is 11.4. The highest BCUT2D eigenvalue weighted by Crippen LogP contribution is 2.22. The maximum Gasteiger partial charge on any atom is 0.333 e. The number of nitrogens with one attached hydrogen (secondary N) is 1. The van der Waals surface area contributed by atoms with Gasteiger partial charge in [-0.2, -0.15) is 0 Å². The molecule has 0 bridgehead atoms. The van der Waals surface area contributed by atoms with Crippen LogP contribution in [-0.4, -0.2) is 19.6 Å². The van der Waals surface area contributed by atoms with E-state index in [2.05, 4.69) is 10.1 Å². The number of hydrogen-bond donors (Lipinski definition) is 1. The van der Waals surface area contributed by atoms with Crippen molar-refractivity contribution < 1.29 is 9.53 Å². The lowest BCUT2D eigenvalue weighted by atomic mass is 10.2. The summed E-state index contributed by atoms with van der Waals surface area (Å²) in [6, 6.07) is 5.78. The van der Waals surface area contributed by atoms with Crippen molar-refractivity contribution in [1.82, 2.24) is 0 Å². The molecule has 0 atom stereocenters. The maximum atomic E-state index is 11.4. The Morgan fingerprint density at radius 2 is 2.22 bits per heavy atom. The van der Waals surface area contributed by atoms with Gasteiger partial charge >= 0.3 is 5.97 Å². The SMILES string of the molecule is CC/C(=C/CNc1cc(C)ccc1Cl)C(=O)OC. The summed E-state index contributed by atoms with van der Waals surface area (Å²) >= 11 is 6.06. The Balaban J connectivity index is 2.67. The van der Waals surface area contributed by atoms with Crippen molar-refractivity contribution in [1.29, 1.82) is 0 Å². The summed E-state index contributed by atoms with van der Waals surface area (Å²) in [5.74, 6) is -0.283. The number of halogens is 1. The molecular weight excluding hydrogens is 250 g/mol. The molecule has 0 aliphatic rings. The van der Waals surface area contributed by atoms with Crippen LogP contribution in [0.15, 0.2) is 29.8 Å². The largest absolute Gasteiger partial charge is 0.466 e. The van der Waals surface area contributed by atoms with E-state index in [1.165, 1.54) is 7.11 Å². The van der Waals surface area contributed by atoms with E-state index in [4.69, 9.17) is 11.6 Å². The molecule has 1 aromatic rings. The van der Waals surface area contributed by atoms with Gasteiger partial charge in [0.15, 0.2) is 0 Å². The summed E-state index contributed by atoms with van der Waals surface area (Å²) in [6.07, 6.45) is 2.47. The van der Waals surface area contributed by atoms with Crippen molar-refractivity contribution in [2.24, 2.45) is 0 Å². The zero-order chi connectivity index (χ0) is 13.5. The van der Waals surface area contributed by atoms with E-state index >= 15 is 0 Å². The van der Waals surface area contributed by atoms with Gasteiger partial charge in [-0.3, -0.25) is 0 Å². The van der Waals surface area contributed by atoms with E-state index < -0.39 is 0 Å². The predicted molar refractivity (Wildman–Crippen MR) is 75.1 cm³/mol. The van der Waals surface area contributed by atoms with Gasteiger partial charge < -0.3 is 10.1 Å². The van der Waals surface area contributed by atoms with Crippen LogP contribution in [0.25, 0.3) is 0 Å². The molecule has 0 saturated carbocycles. The van der Waals surface area contributed by atoms with Crippen molar-refractivity contribution in [2.45, 2.75) is 20.3 Å². The van der Waals surface area contributed by atoms with Gasteiger partial charge in [0.25, 0.3) is 0 Å². The van der Waals surface area contributed by atoms with Crippen molar-refractivity contribution in [3.05, 3.63) is 40.4 Å². The number of benzene rings is 1. The van der Waals surface area contributed by atoms with Crippen LogP contribution >= 0.6 is 11.6 Å². The van der Waals surface area contributed by atoms with Crippen molar-refractivity contribution >= 4 is 23.3 Å². The van der Waals surface area contributed by atoms with Crippen LogP contribution in [0.1, 0.15) is 18.9 Å². The molecule has 0 amide bonds. The van der Waals surface area contributed by atoms with E-state index in [1.807, 2.05) is 38.1 Å². The highest BCUT2D eigenvalue weighted by Gasteiger charge is 2.06. The second-order valence-corrected chi connectivity index (χ2v) is 4.35. The molecule has 98 valence electrons. The summed E-state index contributed by atoms with van der Waals surface area (Å²) in [5.41, 5.74) is 2.66. The molecule has 1 rings (SSSR count). The topological polar surface area (TPSA) is 38.3 Å². The van der Waals surface area contributed by atoms with Crippen LogP contribution in [0.3, 0.4) is 0 Å². The summed E-state index contributed by atoms with van der Waals surface area (Å²) in [5, 5.41) is 3.85. The standard InChI is InChI=1S/C14H18ClNO2/c1-4-11(14(17)18-3)7-8-16-13-9-10(2)5-6-12(13)15/h5-7,9,16H,4,8H2,1-3H3/b11-7-. The molecule has 0 saturated heterocycles. The highest BCUT2D eigenvalue weighted by atomic mass is 35.5. The lowest BCUT2D eigenvalue weighted by Gasteiger charge is -2.08. The summed E-state index contributed by atoms with van der Waals surface area (Å²) in [4.78, 5) is 11.4. The van der Waals surface area contributed by atoms with Crippen LogP contribution in [0.2, 0.25) is 5.02 Å². The first-order valence-electron chi connectivity index (χ1n) is 5.85. The van der Waals surface area contributed by atoms with E-state index in [9.17, 15) is 4.79 Å². The molecular formula is C14H18ClNO2. The second-order valence-electron chi connectivity index (χ2n) is 3.94. The Kier molecular flexibility index (Phi) is 5.72. The third kappa shape index (κ3) is 4.08. The molecule has 0 heterocycles. The molecule has 4 heteroatoms. The Labute approximate surface area is 113 Å². The number of carbonyl (C=O) groups excluding carboxylic acids is 1. The van der Waals surface area contributed by atoms with Gasteiger partial charge in [0.1, 0.15) is 0 Å². The van der Waals surface area contributed by atoms with E-state index in [0.29, 0.717) is 23.6 Å². The number of aryl methyl sites for hydroxylation is 1. The molecule has 0 spiro atoms. The van der Waals surface area contributed by atoms with Gasteiger partial charge in [0.2, 0.25) is 0 Å². The number of esters is 1. The van der Waals surface area contributed by atoms with Gasteiger partial charge in [-0.25, -0.2) is 4.79 Å². The number of rotatable bonds is 5. The lowest BCUT2D eigenvalue weighted by Crippen LogP contribution is -2.07. The molecule has 0 aliphatic carbocycles. The molecule has 18 heavy (non-hydrogen) atoms. The normalized spacial score (nSPS) is 11.2. The predicted octanol–water partition coefficient (Wildman–Crippen LogP) is 3.57. The molecule has 0 unspecified atom stereocenters. The number of hydrogen-bond acceptors (Lipinski definition) is 3. The minimum absolute atomic E-state index is 0.283. The van der Waals surface area contributed by atoms with E-state index in [0.717, 1.165) is 11.3 Å². The quantitative estimate of drug-likeness (QED) is 0.655. The third-order valence-electron chi connectivity index (χ3n) is 2.59. The summed E-state index contributed by atoms with van der Waals surface area (Å²) < 4.78 is 4.69. The summed E-state index contributed by atoms with van der Waals surface area (Å²) in [6.45, 7) is 4.47. The van der Waals surface area contributed by atoms with Gasteiger partial charge in [0.05, 0.1) is 17.8 Å². The number of carbonyl (C=O) groups is 1. The Bertz CT molecular complexity index is 455. The zero-order valence-electron chi connectivity index (χ0n) is 10.9. The van der Waals surface area contributed by atoms with Crippen molar-refractivity contribution in [3.8, 4) is 0 Å². The molecule has 0 aromatic heterocycles. The molecule has 1 N–H and O–H groups in total. The Morgan fingerprint density at radius 1 is 1.50 bits per heavy atom. The molecule has 0 aliphatic heterocycles. The molecule has 0 radical (unpaired) electrons. The van der Waals surface area contributed by atoms with Crippen LogP contribution in [0.5, 0.6) is 0 Å². The van der Waals surface area contributed by atoms with Gasteiger partial charge in [-0.05, 0) is 31.0 Å². The average molecular weight is 268 g/mol. The van der Waals surface area contributed by atoms with Crippen molar-refractivity contribution in [2.75, 3.05) is 19.0 Å².